The maximum absolute atomic E-state index is 3.86. The molecular formula is C26H23+. The Kier molecular flexibility index (Phi) is 5.90. The minimum Gasteiger partial charge on any atom is -0.0622 e. The molecular weight excluding hydrogens is 312 g/mol. The molecule has 0 unspecified atom stereocenters. The summed E-state index contributed by atoms with van der Waals surface area (Å²) >= 11 is 0. The number of allylic oxidation sites excluding steroid dienone is 5. The molecule has 0 spiro atoms. The lowest BCUT2D eigenvalue weighted by molar-refractivity contribution is 1.47. The fourth-order valence-electron chi connectivity index (χ4n) is 2.70. The molecule has 0 atom stereocenters. The summed E-state index contributed by atoms with van der Waals surface area (Å²) in [6, 6.07) is 29.4. The van der Waals surface area contributed by atoms with Gasteiger partial charge in [-0.25, -0.2) is 0 Å². The van der Waals surface area contributed by atoms with Crippen LogP contribution in [0.4, 0.5) is 0 Å². The van der Waals surface area contributed by atoms with Crippen molar-refractivity contribution < 1.29 is 0 Å². The number of hydrogen-bond donors (Lipinski definition) is 0. The quantitative estimate of drug-likeness (QED) is 0.440. The van der Waals surface area contributed by atoms with Crippen LogP contribution >= 0.6 is 0 Å². The SMILES string of the molecule is C=C1C=CC(c2ccccc2)=C[CH+]1.Cc1ccc(-c2ccccc2)cc1. The third kappa shape index (κ3) is 4.87. The Morgan fingerprint density at radius 1 is 0.615 bits per heavy atom. The van der Waals surface area contributed by atoms with Crippen molar-refractivity contribution in [3.05, 3.63) is 133 Å². The van der Waals surface area contributed by atoms with Crippen LogP contribution in [0, 0.1) is 13.3 Å². The van der Waals surface area contributed by atoms with Gasteiger partial charge in [0.25, 0.3) is 0 Å². The van der Waals surface area contributed by atoms with Gasteiger partial charge < -0.3 is 0 Å². The van der Waals surface area contributed by atoms with Crippen LogP contribution in [0.3, 0.4) is 0 Å². The topological polar surface area (TPSA) is 0 Å². The second-order valence-corrected chi connectivity index (χ2v) is 6.29. The first-order valence-corrected chi connectivity index (χ1v) is 8.82. The molecule has 1 aliphatic carbocycles. The number of aryl methyl sites for hydroxylation is 1. The van der Waals surface area contributed by atoms with Gasteiger partial charge >= 0.3 is 0 Å². The van der Waals surface area contributed by atoms with E-state index in [1.807, 2.05) is 36.8 Å². The van der Waals surface area contributed by atoms with Gasteiger partial charge in [0.1, 0.15) is 0 Å². The molecule has 126 valence electrons. The standard InChI is InChI=1S/C13H12.C13H11/c2*1-11-7-9-13(10-8-11)12-5-3-2-4-6-12/h2-10H,1H3;2-10H,1H2/q;+1. The van der Waals surface area contributed by atoms with Crippen molar-refractivity contribution in [3.8, 4) is 11.1 Å². The van der Waals surface area contributed by atoms with E-state index in [1.165, 1.54) is 27.8 Å². The van der Waals surface area contributed by atoms with E-state index in [4.69, 9.17) is 0 Å². The summed E-state index contributed by atoms with van der Waals surface area (Å²) < 4.78 is 0. The highest BCUT2D eigenvalue weighted by molar-refractivity contribution is 5.78. The first-order valence-electron chi connectivity index (χ1n) is 8.82. The summed E-state index contributed by atoms with van der Waals surface area (Å²) in [5.41, 5.74) is 7.42. The van der Waals surface area contributed by atoms with Crippen LogP contribution in [0.5, 0.6) is 0 Å². The van der Waals surface area contributed by atoms with Crippen molar-refractivity contribution in [2.45, 2.75) is 6.92 Å². The molecule has 0 saturated heterocycles. The number of rotatable bonds is 2. The van der Waals surface area contributed by atoms with Crippen molar-refractivity contribution in [1.82, 2.24) is 0 Å². The van der Waals surface area contributed by atoms with Crippen molar-refractivity contribution in [1.29, 1.82) is 0 Å². The minimum absolute atomic E-state index is 1.06. The monoisotopic (exact) mass is 335 g/mol. The molecule has 0 amide bonds. The van der Waals surface area contributed by atoms with Gasteiger partial charge in [0, 0.05) is 30.2 Å². The fraction of sp³-hybridized carbons (Fsp3) is 0.0385. The van der Waals surface area contributed by atoms with E-state index in [9.17, 15) is 0 Å². The summed E-state index contributed by atoms with van der Waals surface area (Å²) in [5.74, 6) is 0. The van der Waals surface area contributed by atoms with Crippen LogP contribution in [0.2, 0.25) is 0 Å². The maximum Gasteiger partial charge on any atom is 0.0888 e. The van der Waals surface area contributed by atoms with Gasteiger partial charge in [0.2, 0.25) is 0 Å². The zero-order valence-electron chi connectivity index (χ0n) is 15.1. The first kappa shape index (κ1) is 17.6. The van der Waals surface area contributed by atoms with Crippen molar-refractivity contribution in [2.24, 2.45) is 0 Å². The van der Waals surface area contributed by atoms with Crippen molar-refractivity contribution in [3.63, 3.8) is 0 Å². The van der Waals surface area contributed by atoms with Gasteiger partial charge in [0.05, 0.1) is 11.1 Å². The highest BCUT2D eigenvalue weighted by atomic mass is 14.1. The van der Waals surface area contributed by atoms with Crippen LogP contribution in [-0.2, 0) is 0 Å². The molecule has 4 rings (SSSR count). The van der Waals surface area contributed by atoms with Gasteiger partial charge in [-0.05, 0) is 36.8 Å². The van der Waals surface area contributed by atoms with Gasteiger partial charge in [-0.15, -0.1) is 0 Å². The molecule has 0 bridgehead atoms. The van der Waals surface area contributed by atoms with Gasteiger partial charge in [0.15, 0.2) is 0 Å². The van der Waals surface area contributed by atoms with Crippen LogP contribution < -0.4 is 0 Å². The van der Waals surface area contributed by atoms with Gasteiger partial charge in [-0.3, -0.25) is 0 Å². The van der Waals surface area contributed by atoms with Crippen LogP contribution in [0.15, 0.2) is 115 Å². The molecule has 1 aliphatic rings. The lowest BCUT2D eigenvalue weighted by Crippen LogP contribution is -1.87. The van der Waals surface area contributed by atoms with E-state index >= 15 is 0 Å². The molecule has 0 saturated carbocycles. The second kappa shape index (κ2) is 8.73. The Morgan fingerprint density at radius 2 is 1.15 bits per heavy atom. The smallest absolute Gasteiger partial charge is 0.0622 e. The summed E-state index contributed by atoms with van der Waals surface area (Å²) in [7, 11) is 0. The molecule has 0 heteroatoms. The lowest BCUT2D eigenvalue weighted by atomic mass is 9.98. The Hall–Kier alpha value is -3.25. The molecule has 0 N–H and O–H groups in total. The van der Waals surface area contributed by atoms with E-state index in [0.29, 0.717) is 0 Å². The molecule has 3 aromatic carbocycles. The summed E-state index contributed by atoms with van der Waals surface area (Å²) in [6.45, 7) is 5.96. The highest BCUT2D eigenvalue weighted by Gasteiger charge is 2.08. The van der Waals surface area contributed by atoms with E-state index < -0.39 is 0 Å². The molecule has 0 heterocycles. The van der Waals surface area contributed by atoms with Gasteiger partial charge in [-0.1, -0.05) is 78.4 Å². The zero-order chi connectivity index (χ0) is 18.2. The summed E-state index contributed by atoms with van der Waals surface area (Å²) in [4.78, 5) is 0. The predicted molar refractivity (Wildman–Crippen MR) is 114 cm³/mol. The Bertz CT molecular complexity index is 895. The van der Waals surface area contributed by atoms with Crippen molar-refractivity contribution >= 4 is 5.57 Å². The Morgan fingerprint density at radius 3 is 1.69 bits per heavy atom. The second-order valence-electron chi connectivity index (χ2n) is 6.29. The molecule has 26 heavy (non-hydrogen) atoms. The molecule has 3 aromatic rings. The Labute approximate surface area is 156 Å². The molecule has 0 nitrogen and oxygen atoms in total. The number of benzene rings is 3. The third-order valence-corrected chi connectivity index (χ3v) is 4.22. The maximum atomic E-state index is 3.86. The largest absolute Gasteiger partial charge is 0.0888 e. The average molecular weight is 335 g/mol. The predicted octanol–water partition coefficient (Wildman–Crippen LogP) is 7.06. The van der Waals surface area contributed by atoms with E-state index in [0.717, 1.165) is 5.57 Å². The summed E-state index contributed by atoms with van der Waals surface area (Å²) in [6.07, 6.45) is 8.25. The molecule has 0 aliphatic heterocycles. The zero-order valence-corrected chi connectivity index (χ0v) is 15.1. The number of hydrogen-bond acceptors (Lipinski definition) is 0. The normalized spacial score (nSPS) is 12.5. The first-order chi connectivity index (χ1) is 12.7. The minimum atomic E-state index is 1.06. The average Bonchev–Trinajstić information content (AvgIpc) is 2.71. The van der Waals surface area contributed by atoms with Crippen LogP contribution in [0.1, 0.15) is 11.1 Å². The molecule has 0 aromatic heterocycles. The molecule has 0 radical (unpaired) electrons. The van der Waals surface area contributed by atoms with E-state index in [1.54, 1.807) is 0 Å². The summed E-state index contributed by atoms with van der Waals surface area (Å²) in [5, 5.41) is 0. The van der Waals surface area contributed by atoms with Crippen LogP contribution in [-0.4, -0.2) is 0 Å². The fourth-order valence-corrected chi connectivity index (χ4v) is 2.70. The lowest BCUT2D eigenvalue weighted by Gasteiger charge is -2.00. The van der Waals surface area contributed by atoms with Gasteiger partial charge in [-0.2, -0.15) is 0 Å². The van der Waals surface area contributed by atoms with Crippen molar-refractivity contribution in [2.75, 3.05) is 0 Å². The third-order valence-electron chi connectivity index (χ3n) is 4.22. The molecule has 0 fully saturated rings. The Balaban J connectivity index is 0.000000151. The van der Waals surface area contributed by atoms with Crippen LogP contribution in [0.25, 0.3) is 16.7 Å². The highest BCUT2D eigenvalue weighted by Crippen LogP contribution is 2.22. The van der Waals surface area contributed by atoms with E-state index in [-0.39, 0.29) is 0 Å². The van der Waals surface area contributed by atoms with E-state index in [2.05, 4.69) is 86.3 Å².